The van der Waals surface area contributed by atoms with Crippen LogP contribution in [0, 0.1) is 17.4 Å². The molecule has 98 valence electrons. The van der Waals surface area contributed by atoms with Crippen molar-refractivity contribution in [2.24, 2.45) is 0 Å². The van der Waals surface area contributed by atoms with Crippen LogP contribution in [-0.2, 0) is 0 Å². The maximum absolute atomic E-state index is 12.6. The minimum Gasteiger partial charge on any atom is -0.496 e. The van der Waals surface area contributed by atoms with Crippen molar-refractivity contribution in [1.82, 2.24) is 0 Å². The molecule has 0 amide bonds. The highest BCUT2D eigenvalue weighted by Gasteiger charge is 2.17. The van der Waals surface area contributed by atoms with E-state index in [1.54, 1.807) is 7.11 Å². The van der Waals surface area contributed by atoms with Gasteiger partial charge in [-0.25, -0.2) is 0 Å². The average Bonchev–Trinajstić information content (AvgIpc) is 2.38. The quantitative estimate of drug-likeness (QED) is 0.603. The predicted molar refractivity (Wildman–Crippen MR) is 85.1 cm³/mol. The average molecular weight is 366 g/mol. The number of ketones is 1. The van der Waals surface area contributed by atoms with Crippen LogP contribution in [0.2, 0.25) is 0 Å². The molecule has 0 heterocycles. The van der Waals surface area contributed by atoms with Crippen molar-refractivity contribution in [3.05, 3.63) is 62.2 Å². The molecule has 0 atom stereocenters. The van der Waals surface area contributed by atoms with Crippen molar-refractivity contribution < 1.29 is 9.53 Å². The molecule has 2 aromatic rings. The topological polar surface area (TPSA) is 26.3 Å². The van der Waals surface area contributed by atoms with E-state index in [4.69, 9.17) is 4.74 Å². The normalized spacial score (nSPS) is 10.3. The first-order valence-electron chi connectivity index (χ1n) is 5.98. The van der Waals surface area contributed by atoms with Crippen LogP contribution in [0.5, 0.6) is 5.75 Å². The maximum Gasteiger partial charge on any atom is 0.197 e. The Labute approximate surface area is 126 Å². The fourth-order valence-electron chi connectivity index (χ4n) is 2.13. The van der Waals surface area contributed by atoms with E-state index in [9.17, 15) is 4.79 Å². The molecule has 2 nitrogen and oxygen atoms in total. The van der Waals surface area contributed by atoms with Crippen LogP contribution in [0.25, 0.3) is 0 Å². The predicted octanol–water partition coefficient (Wildman–Crippen LogP) is 4.15. The van der Waals surface area contributed by atoms with E-state index in [-0.39, 0.29) is 5.78 Å². The van der Waals surface area contributed by atoms with Crippen LogP contribution >= 0.6 is 22.6 Å². The van der Waals surface area contributed by atoms with Gasteiger partial charge in [0.1, 0.15) is 5.75 Å². The minimum atomic E-state index is 0.00532. The van der Waals surface area contributed by atoms with Gasteiger partial charge in [0.15, 0.2) is 5.78 Å². The Bertz CT molecular complexity index is 615. The third-order valence-electron chi connectivity index (χ3n) is 3.00. The molecule has 0 N–H and O–H groups in total. The van der Waals surface area contributed by atoms with Crippen molar-refractivity contribution in [2.45, 2.75) is 13.8 Å². The van der Waals surface area contributed by atoms with E-state index in [1.165, 1.54) is 0 Å². The van der Waals surface area contributed by atoms with E-state index in [2.05, 4.69) is 22.6 Å². The fraction of sp³-hybridized carbons (Fsp3) is 0.188. The molecule has 0 aliphatic heterocycles. The van der Waals surface area contributed by atoms with E-state index in [0.717, 1.165) is 14.7 Å². The summed E-state index contributed by atoms with van der Waals surface area (Å²) >= 11 is 2.22. The van der Waals surface area contributed by atoms with Gasteiger partial charge in [0.25, 0.3) is 0 Å². The molecule has 0 fully saturated rings. The van der Waals surface area contributed by atoms with Gasteiger partial charge in [-0.15, -0.1) is 0 Å². The number of hydrogen-bond acceptors (Lipinski definition) is 2. The highest BCUT2D eigenvalue weighted by molar-refractivity contribution is 14.1. The summed E-state index contributed by atoms with van der Waals surface area (Å²) < 4.78 is 6.46. The molecule has 0 bridgehead atoms. The number of methoxy groups -OCH3 is 1. The van der Waals surface area contributed by atoms with E-state index >= 15 is 0 Å². The second kappa shape index (κ2) is 5.74. The first-order chi connectivity index (χ1) is 9.02. The van der Waals surface area contributed by atoms with Crippen LogP contribution < -0.4 is 4.74 Å². The lowest BCUT2D eigenvalue weighted by Gasteiger charge is -2.12. The molecule has 2 aromatic carbocycles. The number of carbonyl (C=O) groups is 1. The first-order valence-corrected chi connectivity index (χ1v) is 7.06. The highest BCUT2D eigenvalue weighted by Crippen LogP contribution is 2.27. The van der Waals surface area contributed by atoms with Crippen LogP contribution in [0.1, 0.15) is 27.0 Å². The number of halogens is 1. The van der Waals surface area contributed by atoms with Crippen LogP contribution in [0.15, 0.2) is 36.4 Å². The second-order valence-corrected chi connectivity index (χ2v) is 5.74. The van der Waals surface area contributed by atoms with Crippen molar-refractivity contribution in [3.8, 4) is 5.75 Å². The number of hydrogen-bond donors (Lipinski definition) is 0. The zero-order chi connectivity index (χ0) is 14.0. The molecule has 2 rings (SSSR count). The van der Waals surface area contributed by atoms with Crippen LogP contribution in [0.4, 0.5) is 0 Å². The summed E-state index contributed by atoms with van der Waals surface area (Å²) in [6.07, 6.45) is 0. The van der Waals surface area contributed by atoms with E-state index in [1.807, 2.05) is 50.2 Å². The van der Waals surface area contributed by atoms with Gasteiger partial charge in [0, 0.05) is 9.13 Å². The van der Waals surface area contributed by atoms with Gasteiger partial charge in [-0.2, -0.15) is 0 Å². The molecule has 0 saturated carbocycles. The number of ether oxygens (including phenoxy) is 1. The largest absolute Gasteiger partial charge is 0.496 e. The van der Waals surface area contributed by atoms with Gasteiger partial charge in [-0.3, -0.25) is 4.79 Å². The Hall–Kier alpha value is -1.36. The summed E-state index contributed by atoms with van der Waals surface area (Å²) in [6.45, 7) is 3.93. The van der Waals surface area contributed by atoms with Crippen LogP contribution in [-0.4, -0.2) is 12.9 Å². The zero-order valence-corrected chi connectivity index (χ0v) is 13.3. The Morgan fingerprint density at radius 3 is 2.32 bits per heavy atom. The third-order valence-corrected chi connectivity index (χ3v) is 3.72. The fourth-order valence-corrected chi connectivity index (χ4v) is 2.49. The summed E-state index contributed by atoms with van der Waals surface area (Å²) in [5.74, 6) is 0.645. The van der Waals surface area contributed by atoms with Crippen molar-refractivity contribution >= 4 is 28.4 Å². The molecule has 0 radical (unpaired) electrons. The number of benzene rings is 2. The summed E-state index contributed by atoms with van der Waals surface area (Å²) in [6, 6.07) is 11.5. The molecule has 0 saturated heterocycles. The lowest BCUT2D eigenvalue weighted by Crippen LogP contribution is -2.07. The summed E-state index contributed by atoms with van der Waals surface area (Å²) in [5, 5.41) is 0. The Morgan fingerprint density at radius 1 is 1.11 bits per heavy atom. The van der Waals surface area contributed by atoms with Gasteiger partial charge < -0.3 is 4.74 Å². The van der Waals surface area contributed by atoms with Gasteiger partial charge >= 0.3 is 0 Å². The Kier molecular flexibility index (Phi) is 4.24. The van der Waals surface area contributed by atoms with Gasteiger partial charge in [-0.1, -0.05) is 6.07 Å². The van der Waals surface area contributed by atoms with Crippen molar-refractivity contribution in [3.63, 3.8) is 0 Å². The van der Waals surface area contributed by atoms with Crippen LogP contribution in [0.3, 0.4) is 0 Å². The maximum atomic E-state index is 12.6. The van der Waals surface area contributed by atoms with Crippen molar-refractivity contribution in [2.75, 3.05) is 7.11 Å². The van der Waals surface area contributed by atoms with Gasteiger partial charge in [0.05, 0.1) is 12.7 Å². The smallest absolute Gasteiger partial charge is 0.197 e. The van der Waals surface area contributed by atoms with Gasteiger partial charge in [0.2, 0.25) is 0 Å². The van der Waals surface area contributed by atoms with E-state index in [0.29, 0.717) is 16.9 Å². The first kappa shape index (κ1) is 14.1. The zero-order valence-electron chi connectivity index (χ0n) is 11.2. The Morgan fingerprint density at radius 2 is 1.74 bits per heavy atom. The molecule has 19 heavy (non-hydrogen) atoms. The number of rotatable bonds is 3. The second-order valence-electron chi connectivity index (χ2n) is 4.50. The molecule has 3 heteroatoms. The summed E-state index contributed by atoms with van der Waals surface area (Å²) in [4.78, 5) is 12.6. The van der Waals surface area contributed by atoms with Gasteiger partial charge in [-0.05, 0) is 77.9 Å². The Balaban J connectivity index is 2.52. The SMILES string of the molecule is COc1cc(C)cc(C)c1C(=O)c1ccc(I)cc1. The monoisotopic (exact) mass is 366 g/mol. The van der Waals surface area contributed by atoms with Crippen molar-refractivity contribution in [1.29, 1.82) is 0 Å². The number of carbonyl (C=O) groups excluding carboxylic acids is 1. The molecule has 0 aliphatic carbocycles. The molecule has 0 spiro atoms. The molecular formula is C16H15IO2. The molecule has 0 aromatic heterocycles. The standard InChI is InChI=1S/C16H15IO2/c1-10-8-11(2)15(14(9-10)19-3)16(18)12-4-6-13(17)7-5-12/h4-9H,1-3H3. The lowest BCUT2D eigenvalue weighted by atomic mass is 9.96. The molecular weight excluding hydrogens is 351 g/mol. The molecule has 0 unspecified atom stereocenters. The number of aryl methyl sites for hydroxylation is 2. The molecule has 0 aliphatic rings. The summed E-state index contributed by atoms with van der Waals surface area (Å²) in [5.41, 5.74) is 3.37. The van der Waals surface area contributed by atoms with E-state index < -0.39 is 0 Å². The third kappa shape index (κ3) is 2.97. The lowest BCUT2D eigenvalue weighted by molar-refractivity contribution is 0.103. The summed E-state index contributed by atoms with van der Waals surface area (Å²) in [7, 11) is 1.60. The highest BCUT2D eigenvalue weighted by atomic mass is 127. The minimum absolute atomic E-state index is 0.00532.